The monoisotopic (exact) mass is 491 g/mol. The van der Waals surface area contributed by atoms with Crippen molar-refractivity contribution in [2.24, 2.45) is 5.10 Å². The minimum atomic E-state index is -0.629. The zero-order valence-electron chi connectivity index (χ0n) is 18.7. The lowest BCUT2D eigenvalue weighted by atomic mass is 10.1. The van der Waals surface area contributed by atoms with Crippen LogP contribution >= 0.6 is 11.6 Å². The van der Waals surface area contributed by atoms with E-state index in [-0.39, 0.29) is 33.5 Å². The zero-order valence-corrected chi connectivity index (χ0v) is 19.4. The summed E-state index contributed by atoms with van der Waals surface area (Å²) in [6.07, 6.45) is 3.07. The minimum absolute atomic E-state index is 0.00957. The van der Waals surface area contributed by atoms with Gasteiger partial charge in [-0.1, -0.05) is 35.0 Å². The van der Waals surface area contributed by atoms with Crippen LogP contribution in [0.15, 0.2) is 76.6 Å². The van der Waals surface area contributed by atoms with Crippen molar-refractivity contribution in [1.29, 1.82) is 0 Å². The fourth-order valence-electron chi connectivity index (χ4n) is 3.28. The maximum absolute atomic E-state index is 14.4. The number of halogens is 2. The first-order valence-corrected chi connectivity index (χ1v) is 10.8. The molecule has 0 aliphatic carbocycles. The third kappa shape index (κ3) is 5.25. The Labute approximate surface area is 204 Å². The van der Waals surface area contributed by atoms with E-state index in [0.717, 1.165) is 0 Å². The molecular formula is C25H19ClFN5O3. The van der Waals surface area contributed by atoms with E-state index in [4.69, 9.17) is 16.1 Å². The van der Waals surface area contributed by atoms with Gasteiger partial charge in [-0.3, -0.25) is 14.6 Å². The van der Waals surface area contributed by atoms with Crippen LogP contribution in [-0.2, 0) is 0 Å². The largest absolute Gasteiger partial charge is 0.360 e. The SMILES string of the molecule is CC(=NNC(=O)c1c(-c2c(F)cccc2Cl)noc1C)c1ccc(NC(=O)c2cccnc2)cc1. The molecule has 2 aromatic heterocycles. The molecule has 35 heavy (non-hydrogen) atoms. The number of aromatic nitrogens is 2. The van der Waals surface area contributed by atoms with E-state index in [0.29, 0.717) is 22.5 Å². The average molecular weight is 492 g/mol. The Hall–Kier alpha value is -4.37. The summed E-state index contributed by atoms with van der Waals surface area (Å²) in [4.78, 5) is 29.0. The molecular weight excluding hydrogens is 473 g/mol. The smallest absolute Gasteiger partial charge is 0.277 e. The number of nitrogens with zero attached hydrogens (tertiary/aromatic N) is 3. The highest BCUT2D eigenvalue weighted by Gasteiger charge is 2.25. The number of hydrogen-bond acceptors (Lipinski definition) is 6. The molecule has 0 radical (unpaired) electrons. The van der Waals surface area contributed by atoms with Gasteiger partial charge in [0.2, 0.25) is 0 Å². The summed E-state index contributed by atoms with van der Waals surface area (Å²) in [6, 6.07) is 14.4. The van der Waals surface area contributed by atoms with E-state index in [1.807, 2.05) is 0 Å². The Balaban J connectivity index is 1.48. The third-order valence-electron chi connectivity index (χ3n) is 5.10. The molecule has 2 heterocycles. The van der Waals surface area contributed by atoms with Crippen molar-refractivity contribution < 1.29 is 18.5 Å². The van der Waals surface area contributed by atoms with Gasteiger partial charge in [0.25, 0.3) is 11.8 Å². The van der Waals surface area contributed by atoms with Crippen molar-refractivity contribution >= 4 is 34.8 Å². The lowest BCUT2D eigenvalue weighted by molar-refractivity contribution is 0.0953. The molecule has 0 atom stereocenters. The second-order valence-electron chi connectivity index (χ2n) is 7.47. The Morgan fingerprint density at radius 2 is 1.80 bits per heavy atom. The molecule has 4 aromatic rings. The second-order valence-corrected chi connectivity index (χ2v) is 7.88. The number of hydrogen-bond donors (Lipinski definition) is 2. The van der Waals surface area contributed by atoms with Gasteiger partial charge in [0.15, 0.2) is 0 Å². The zero-order chi connectivity index (χ0) is 24.9. The van der Waals surface area contributed by atoms with E-state index in [2.05, 4.69) is 26.0 Å². The summed E-state index contributed by atoms with van der Waals surface area (Å²) < 4.78 is 19.5. The maximum atomic E-state index is 14.4. The van der Waals surface area contributed by atoms with Crippen LogP contribution in [0, 0.1) is 12.7 Å². The Kier molecular flexibility index (Phi) is 6.98. The quantitative estimate of drug-likeness (QED) is 0.283. The van der Waals surface area contributed by atoms with Gasteiger partial charge in [0, 0.05) is 18.1 Å². The number of anilines is 1. The van der Waals surface area contributed by atoms with E-state index in [1.165, 1.54) is 31.3 Å². The van der Waals surface area contributed by atoms with E-state index in [1.54, 1.807) is 49.5 Å². The number of aryl methyl sites for hydroxylation is 1. The summed E-state index contributed by atoms with van der Waals surface area (Å²) in [7, 11) is 0. The Morgan fingerprint density at radius 1 is 1.03 bits per heavy atom. The van der Waals surface area contributed by atoms with Gasteiger partial charge in [0.05, 0.1) is 21.9 Å². The van der Waals surface area contributed by atoms with Crippen molar-refractivity contribution in [3.8, 4) is 11.3 Å². The maximum Gasteiger partial charge on any atom is 0.277 e. The second kappa shape index (κ2) is 10.3. The highest BCUT2D eigenvalue weighted by molar-refractivity contribution is 6.33. The van der Waals surface area contributed by atoms with Crippen LogP contribution in [0.3, 0.4) is 0 Å². The topological polar surface area (TPSA) is 109 Å². The first-order valence-electron chi connectivity index (χ1n) is 10.4. The van der Waals surface area contributed by atoms with Gasteiger partial charge in [0.1, 0.15) is 22.8 Å². The summed E-state index contributed by atoms with van der Waals surface area (Å²) in [6.45, 7) is 3.24. The van der Waals surface area contributed by atoms with E-state index in [9.17, 15) is 14.0 Å². The van der Waals surface area contributed by atoms with Crippen molar-refractivity contribution in [2.45, 2.75) is 13.8 Å². The molecule has 10 heteroatoms. The summed E-state index contributed by atoms with van der Waals surface area (Å²) in [5.74, 6) is -1.34. The van der Waals surface area contributed by atoms with Crippen molar-refractivity contribution in [3.63, 3.8) is 0 Å². The number of rotatable bonds is 6. The standard InChI is InChI=1S/C25H19ClFN5O3/c1-14(16-8-10-18(11-9-16)29-24(33)17-5-4-12-28-13-17)30-31-25(34)21-15(2)35-32-23(21)22-19(26)6-3-7-20(22)27/h3-13H,1-2H3,(H,29,33)(H,31,34). The third-order valence-corrected chi connectivity index (χ3v) is 5.41. The molecule has 0 fully saturated rings. The van der Waals surface area contributed by atoms with Crippen LogP contribution in [0.25, 0.3) is 11.3 Å². The number of benzene rings is 2. The molecule has 176 valence electrons. The number of carbonyl (C=O) groups excluding carboxylic acids is 2. The molecule has 4 rings (SSSR count). The molecule has 2 N–H and O–H groups in total. The number of hydrazone groups is 1. The normalized spacial score (nSPS) is 11.3. The molecule has 0 unspecified atom stereocenters. The van der Waals surface area contributed by atoms with Gasteiger partial charge in [-0.2, -0.15) is 5.10 Å². The highest BCUT2D eigenvalue weighted by Crippen LogP contribution is 2.33. The van der Waals surface area contributed by atoms with Gasteiger partial charge in [-0.25, -0.2) is 9.82 Å². The number of nitrogens with one attached hydrogen (secondary N) is 2. The van der Waals surface area contributed by atoms with Crippen LogP contribution in [0.5, 0.6) is 0 Å². The van der Waals surface area contributed by atoms with Crippen molar-refractivity contribution in [2.75, 3.05) is 5.32 Å². The van der Waals surface area contributed by atoms with Crippen molar-refractivity contribution in [3.05, 3.63) is 100 Å². The average Bonchev–Trinajstić information content (AvgIpc) is 3.24. The van der Waals surface area contributed by atoms with Crippen molar-refractivity contribution in [1.82, 2.24) is 15.6 Å². The molecule has 0 aliphatic rings. The summed E-state index contributed by atoms with van der Waals surface area (Å²) in [5, 5.41) is 10.8. The number of pyridine rings is 1. The van der Waals surface area contributed by atoms with E-state index < -0.39 is 11.7 Å². The van der Waals surface area contributed by atoms with Gasteiger partial charge in [-0.05, 0) is 55.8 Å². The van der Waals surface area contributed by atoms with Crippen LogP contribution in [0.1, 0.15) is 39.0 Å². The van der Waals surface area contributed by atoms with Crippen LogP contribution in [0.4, 0.5) is 10.1 Å². The molecule has 0 aliphatic heterocycles. The predicted molar refractivity (Wildman–Crippen MR) is 130 cm³/mol. The number of carbonyl (C=O) groups is 2. The van der Waals surface area contributed by atoms with Gasteiger partial charge in [-0.15, -0.1) is 0 Å². The minimum Gasteiger partial charge on any atom is -0.360 e. The molecule has 0 bridgehead atoms. The molecule has 2 amide bonds. The first kappa shape index (κ1) is 23.8. The van der Waals surface area contributed by atoms with Crippen LogP contribution in [-0.4, -0.2) is 27.7 Å². The van der Waals surface area contributed by atoms with Crippen LogP contribution in [0.2, 0.25) is 5.02 Å². The molecule has 8 nitrogen and oxygen atoms in total. The van der Waals surface area contributed by atoms with E-state index >= 15 is 0 Å². The Bertz CT molecular complexity index is 1400. The van der Waals surface area contributed by atoms with Gasteiger partial charge >= 0.3 is 0 Å². The number of amides is 2. The Morgan fingerprint density at radius 3 is 2.49 bits per heavy atom. The molecule has 0 spiro atoms. The highest BCUT2D eigenvalue weighted by atomic mass is 35.5. The lowest BCUT2D eigenvalue weighted by Gasteiger charge is -2.07. The van der Waals surface area contributed by atoms with Gasteiger partial charge < -0.3 is 9.84 Å². The first-order chi connectivity index (χ1) is 16.8. The summed E-state index contributed by atoms with van der Waals surface area (Å²) >= 11 is 6.13. The molecule has 0 saturated heterocycles. The molecule has 0 saturated carbocycles. The molecule has 2 aromatic carbocycles. The fraction of sp³-hybridized carbons (Fsp3) is 0.0800. The van der Waals surface area contributed by atoms with Crippen LogP contribution < -0.4 is 10.7 Å². The fourth-order valence-corrected chi connectivity index (χ4v) is 3.54. The summed E-state index contributed by atoms with van der Waals surface area (Å²) in [5.41, 5.74) is 4.69. The predicted octanol–water partition coefficient (Wildman–Crippen LogP) is 5.24. The lowest BCUT2D eigenvalue weighted by Crippen LogP contribution is -2.20.